The van der Waals surface area contributed by atoms with Crippen molar-refractivity contribution < 1.29 is 80.0 Å². The van der Waals surface area contributed by atoms with Crippen molar-refractivity contribution in [2.24, 2.45) is 11.8 Å². The second-order valence-electron chi connectivity index (χ2n) is 18.8. The summed E-state index contributed by atoms with van der Waals surface area (Å²) in [7, 11) is -1.94. The smallest absolute Gasteiger partial charge is 0.793 e. The molecule has 22 heteroatoms. The number of rotatable bonds is 10. The van der Waals surface area contributed by atoms with Crippen LogP contribution in [0, 0.1) is 25.7 Å². The molecule has 2 saturated carbocycles. The Hall–Kier alpha value is -5.74. The molecule has 6 aromatic rings. The van der Waals surface area contributed by atoms with Gasteiger partial charge in [0.25, 0.3) is 11.1 Å². The molecule has 4 N–H and O–H groups in total. The number of aromatic amines is 2. The minimum absolute atomic E-state index is 0. The molecule has 8 rings (SSSR count). The first-order valence-electron chi connectivity index (χ1n) is 24.3. The number of hydrogen-bond acceptors (Lipinski definition) is 14. The van der Waals surface area contributed by atoms with Crippen molar-refractivity contribution in [3.8, 4) is 22.5 Å². The van der Waals surface area contributed by atoms with Crippen LogP contribution in [0.15, 0.2) is 82.9 Å². The number of nitrogens with zero attached hydrogens (tertiary/aromatic N) is 2. The summed E-state index contributed by atoms with van der Waals surface area (Å²) in [6.07, 6.45) is 25.3. The van der Waals surface area contributed by atoms with E-state index in [9.17, 15) is 45.6 Å². The van der Waals surface area contributed by atoms with E-state index in [1.165, 1.54) is 76.4 Å². The molecule has 0 atom stereocenters. The zero-order chi connectivity index (χ0) is 54.8. The molecule has 4 aromatic heterocycles. The first-order valence-corrected chi connectivity index (χ1v) is 28.5. The molecule has 0 saturated heterocycles. The molecular weight excluding hydrogens is 1020 g/mol. The summed E-state index contributed by atoms with van der Waals surface area (Å²) in [4.78, 5) is 76.7. The standard InChI is InChI=1S/C24H30N2O3S.C16H17N3O3S.C7H12O.C4H6O4.C2H3BO2.CH4.Na/c1-17-14-22(26-13-12-25-24(27)23(17)26)21-15-19(16-30(2,28)29)9-11-20(21)10-8-18-6-4-3-5-7-18;1-10-7-14(19-6-5-18-16(20)15(10)19)12-8-11(3-4-13(12)17)9-23(2,21)22;8-6-7-4-2-1-3-5-7;1-3(5)7-8-4(2)6;1-2(4)5-3;;/h9,11-15,18H,3-8,10,16H2,1-2H3,(H,25,27);3-8H,9,17H2,1-2H3,(H,18,20);6-7H,1-5H2;1-2H3;1H3;1H4;/q;;;;-1;;+1. The molecule has 2 aliphatic carbocycles. The average Bonchev–Trinajstić information content (AvgIpc) is 3.88. The van der Waals surface area contributed by atoms with Crippen LogP contribution in [0.3, 0.4) is 0 Å². The van der Waals surface area contributed by atoms with Crippen molar-refractivity contribution in [2.75, 3.05) is 18.2 Å². The minimum Gasteiger partial charge on any atom is -0.793 e. The van der Waals surface area contributed by atoms with E-state index in [1.807, 2.05) is 48.7 Å². The summed E-state index contributed by atoms with van der Waals surface area (Å²) in [6, 6.07) is 15.1. The third-order valence-electron chi connectivity index (χ3n) is 12.3. The number of aryl methyl sites for hydroxylation is 3. The number of H-pyrrole nitrogens is 2. The number of nitrogens with one attached hydrogen (secondary N) is 2. The van der Waals surface area contributed by atoms with Gasteiger partial charge in [0.2, 0.25) is 5.97 Å². The van der Waals surface area contributed by atoms with Gasteiger partial charge in [-0.05, 0) is 104 Å². The van der Waals surface area contributed by atoms with E-state index < -0.39 is 37.6 Å². The number of fused-ring (bicyclic) bond motifs is 2. The van der Waals surface area contributed by atoms with Crippen LogP contribution in [0.5, 0.6) is 0 Å². The Kier molecular flexibility index (Phi) is 27.5. The van der Waals surface area contributed by atoms with Gasteiger partial charge in [-0.2, -0.15) is 0 Å². The Labute approximate surface area is 469 Å². The van der Waals surface area contributed by atoms with Gasteiger partial charge in [0, 0.05) is 80.8 Å². The Morgan fingerprint density at radius 1 is 0.684 bits per heavy atom. The van der Waals surface area contributed by atoms with Crippen LogP contribution in [0.25, 0.3) is 33.5 Å². The first-order chi connectivity index (χ1) is 34.9. The molecule has 2 aliphatic rings. The number of aromatic nitrogens is 4. The number of nitrogens with two attached hydrogens (primary N) is 1. The van der Waals surface area contributed by atoms with Crippen molar-refractivity contribution in [2.45, 2.75) is 131 Å². The number of aldehydes is 1. The maximum atomic E-state index is 12.4. The van der Waals surface area contributed by atoms with Crippen LogP contribution in [-0.4, -0.2) is 80.4 Å². The SMILES string of the molecule is C.CC(=O)OOC(C)=O.Cc1cc(-c2cc(CS(C)(=O)=O)ccc2CCC2CCCCC2)n2cc[nH]c(=O)c12.Cc1cc(-c2cc(CS(C)(=O)=O)ccc2N)n2cc[nH]c(=O)c12.O=CC1CCCCC1.[B-]OC(C)=O.[Na+]. The third kappa shape index (κ3) is 21.4. The van der Waals surface area contributed by atoms with Gasteiger partial charge in [-0.25, -0.2) is 36.2 Å². The van der Waals surface area contributed by atoms with Gasteiger partial charge in [0.05, 0.1) is 22.9 Å². The average molecular weight is 1100 g/mol. The largest absolute Gasteiger partial charge is 1.00 e. The van der Waals surface area contributed by atoms with Crippen LogP contribution in [-0.2, 0) is 71.2 Å². The zero-order valence-corrected chi connectivity index (χ0v) is 47.9. The summed E-state index contributed by atoms with van der Waals surface area (Å²) in [5.74, 6) is -0.598. The van der Waals surface area contributed by atoms with Gasteiger partial charge >= 0.3 is 41.5 Å². The molecular formula is C54H72BN5NaO13S2. The van der Waals surface area contributed by atoms with E-state index in [-0.39, 0.29) is 59.6 Å². The fourth-order valence-corrected chi connectivity index (χ4v) is 10.6. The molecule has 76 heavy (non-hydrogen) atoms. The Balaban J connectivity index is 0.000000376. The van der Waals surface area contributed by atoms with E-state index in [2.05, 4.69) is 38.5 Å². The second kappa shape index (κ2) is 31.5. The third-order valence-corrected chi connectivity index (χ3v) is 14.0. The fraction of sp³-hybridized carbons (Fsp3) is 0.444. The number of benzene rings is 2. The van der Waals surface area contributed by atoms with Gasteiger partial charge < -0.3 is 42.0 Å². The van der Waals surface area contributed by atoms with E-state index in [1.54, 1.807) is 41.2 Å². The summed E-state index contributed by atoms with van der Waals surface area (Å²) in [6.45, 7) is 7.31. The Morgan fingerprint density at radius 3 is 1.51 bits per heavy atom. The molecule has 0 unspecified atom stereocenters. The number of carbonyl (C=O) groups is 4. The predicted molar refractivity (Wildman–Crippen MR) is 293 cm³/mol. The van der Waals surface area contributed by atoms with Crippen molar-refractivity contribution in [1.29, 1.82) is 0 Å². The monoisotopic (exact) mass is 1100 g/mol. The number of hydrogen-bond donors (Lipinski definition) is 3. The summed E-state index contributed by atoms with van der Waals surface area (Å²) >= 11 is 0. The molecule has 4 heterocycles. The fourth-order valence-electron chi connectivity index (χ4n) is 9.03. The molecule has 2 aromatic carbocycles. The maximum absolute atomic E-state index is 12.4. The van der Waals surface area contributed by atoms with Crippen molar-refractivity contribution in [3.05, 3.63) is 122 Å². The molecule has 0 spiro atoms. The summed E-state index contributed by atoms with van der Waals surface area (Å²) in [5, 5.41) is 0. The Morgan fingerprint density at radius 2 is 1.11 bits per heavy atom. The van der Waals surface area contributed by atoms with Crippen molar-refractivity contribution in [1.82, 2.24) is 18.8 Å². The van der Waals surface area contributed by atoms with Crippen molar-refractivity contribution >= 4 is 68.6 Å². The van der Waals surface area contributed by atoms with E-state index in [0.29, 0.717) is 33.8 Å². The van der Waals surface area contributed by atoms with Gasteiger partial charge in [-0.1, -0.05) is 77.0 Å². The van der Waals surface area contributed by atoms with Gasteiger partial charge in [0.1, 0.15) is 17.3 Å². The molecule has 18 nitrogen and oxygen atoms in total. The topological polar surface area (TPSA) is 265 Å². The van der Waals surface area contributed by atoms with Gasteiger partial charge in [0.15, 0.2) is 19.7 Å². The maximum Gasteiger partial charge on any atom is 1.00 e. The summed E-state index contributed by atoms with van der Waals surface area (Å²) < 4.78 is 54.1. The zero-order valence-electron chi connectivity index (χ0n) is 44.2. The van der Waals surface area contributed by atoms with Crippen molar-refractivity contribution in [3.63, 3.8) is 0 Å². The molecule has 3 radical (unpaired) electrons. The number of anilines is 1. The van der Waals surface area contributed by atoms with E-state index in [4.69, 9.17) is 5.73 Å². The molecule has 0 amide bonds. The summed E-state index contributed by atoms with van der Waals surface area (Å²) in [5.41, 5.74) is 15.4. The quantitative estimate of drug-likeness (QED) is 0.0506. The first kappa shape index (κ1) is 66.4. The van der Waals surface area contributed by atoms with Gasteiger partial charge in [-0.3, -0.25) is 14.4 Å². The van der Waals surface area contributed by atoms with Crippen LogP contribution in [0.1, 0.15) is 127 Å². The Bertz CT molecular complexity index is 3230. The molecule has 0 aliphatic heterocycles. The van der Waals surface area contributed by atoms with Crippen LogP contribution in [0.4, 0.5) is 5.69 Å². The van der Waals surface area contributed by atoms with Crippen LogP contribution < -0.4 is 46.4 Å². The van der Waals surface area contributed by atoms with Crippen LogP contribution >= 0.6 is 0 Å². The van der Waals surface area contributed by atoms with Crippen LogP contribution in [0.2, 0.25) is 0 Å². The minimum atomic E-state index is -3.14. The number of sulfone groups is 2. The van der Waals surface area contributed by atoms with E-state index >= 15 is 0 Å². The molecule has 2 fully saturated rings. The molecule has 0 bridgehead atoms. The predicted octanol–water partition coefficient (Wildman–Crippen LogP) is 5.46. The number of nitrogen functional groups attached to an aromatic ring is 1. The second-order valence-corrected chi connectivity index (χ2v) is 23.1. The van der Waals surface area contributed by atoms with Gasteiger partial charge in [-0.15, -0.1) is 0 Å². The molecule has 407 valence electrons. The normalized spacial score (nSPS) is 13.5. The van der Waals surface area contributed by atoms with E-state index in [0.717, 1.165) is 85.4 Å². The number of carbonyl (C=O) groups excluding carboxylic acids is 4.